The molecule has 0 aromatic heterocycles. The molecule has 5 nitrogen and oxygen atoms in total. The van der Waals surface area contributed by atoms with Crippen molar-refractivity contribution in [3.05, 3.63) is 90.0 Å². The van der Waals surface area contributed by atoms with Gasteiger partial charge in [0.2, 0.25) is 0 Å². The molecular formula is C23H19NO4S. The summed E-state index contributed by atoms with van der Waals surface area (Å²) in [6.45, 7) is -0.359. The largest absolute Gasteiger partial charge is 0.508 e. The van der Waals surface area contributed by atoms with Crippen LogP contribution in [0.15, 0.2) is 83.8 Å². The number of phenols is 1. The molecule has 146 valence electrons. The average molecular weight is 405 g/mol. The second-order valence-electron chi connectivity index (χ2n) is 6.59. The third kappa shape index (κ3) is 4.12. The number of rotatable bonds is 4. The highest BCUT2D eigenvalue weighted by Crippen LogP contribution is 2.43. The average Bonchev–Trinajstić information content (AvgIpc) is 2.77. The van der Waals surface area contributed by atoms with Crippen LogP contribution in [0.4, 0.5) is 5.69 Å². The van der Waals surface area contributed by atoms with E-state index in [0.29, 0.717) is 0 Å². The van der Waals surface area contributed by atoms with E-state index in [-0.39, 0.29) is 29.9 Å². The van der Waals surface area contributed by atoms with Crippen molar-refractivity contribution in [1.82, 2.24) is 0 Å². The number of anilines is 1. The minimum atomic E-state index is -0.603. The number of amides is 1. The lowest BCUT2D eigenvalue weighted by molar-refractivity contribution is -0.122. The molecule has 1 heterocycles. The number of esters is 1. The third-order valence-corrected chi connectivity index (χ3v) is 5.85. The number of aromatic hydroxyl groups is 1. The molecule has 0 saturated carbocycles. The van der Waals surface area contributed by atoms with Crippen molar-refractivity contribution < 1.29 is 19.4 Å². The van der Waals surface area contributed by atoms with Gasteiger partial charge in [0.05, 0.1) is 17.3 Å². The zero-order valence-corrected chi connectivity index (χ0v) is 16.3. The van der Waals surface area contributed by atoms with Gasteiger partial charge in [-0.1, -0.05) is 42.5 Å². The fourth-order valence-corrected chi connectivity index (χ4v) is 4.46. The summed E-state index contributed by atoms with van der Waals surface area (Å²) in [7, 11) is 0. The first-order chi connectivity index (χ1) is 14.1. The minimum absolute atomic E-state index is 0.0609. The number of hydrogen-bond acceptors (Lipinski definition) is 5. The predicted molar refractivity (Wildman–Crippen MR) is 112 cm³/mol. The van der Waals surface area contributed by atoms with Crippen molar-refractivity contribution in [3.8, 4) is 5.75 Å². The van der Waals surface area contributed by atoms with Crippen LogP contribution in [0.2, 0.25) is 0 Å². The summed E-state index contributed by atoms with van der Waals surface area (Å²) in [4.78, 5) is 28.1. The lowest BCUT2D eigenvalue weighted by Gasteiger charge is -2.37. The van der Waals surface area contributed by atoms with E-state index in [9.17, 15) is 14.7 Å². The first-order valence-electron chi connectivity index (χ1n) is 9.18. The maximum atomic E-state index is 13.1. The number of nitrogens with zero attached hydrogens (tertiary/aromatic N) is 1. The van der Waals surface area contributed by atoms with Gasteiger partial charge in [-0.25, -0.2) is 4.79 Å². The Morgan fingerprint density at radius 2 is 1.66 bits per heavy atom. The number of carbonyl (C=O) groups is 2. The van der Waals surface area contributed by atoms with E-state index in [2.05, 4.69) is 0 Å². The highest BCUT2D eigenvalue weighted by molar-refractivity contribution is 7.99. The summed E-state index contributed by atoms with van der Waals surface area (Å²) in [5.41, 5.74) is 2.14. The van der Waals surface area contributed by atoms with Crippen molar-refractivity contribution in [2.45, 2.75) is 10.9 Å². The van der Waals surface area contributed by atoms with Gasteiger partial charge in [-0.2, -0.15) is 0 Å². The molecular weight excluding hydrogens is 386 g/mol. The second-order valence-corrected chi connectivity index (χ2v) is 7.65. The smallest absolute Gasteiger partial charge is 0.338 e. The molecule has 1 amide bonds. The van der Waals surface area contributed by atoms with E-state index in [4.69, 9.17) is 4.74 Å². The molecule has 29 heavy (non-hydrogen) atoms. The Hall–Kier alpha value is -3.25. The molecule has 3 aromatic rings. The van der Waals surface area contributed by atoms with Gasteiger partial charge >= 0.3 is 5.97 Å². The summed E-state index contributed by atoms with van der Waals surface area (Å²) in [6, 6.07) is 23.2. The van der Waals surface area contributed by atoms with E-state index in [0.717, 1.165) is 21.9 Å². The van der Waals surface area contributed by atoms with Crippen molar-refractivity contribution in [2.24, 2.45) is 0 Å². The van der Waals surface area contributed by atoms with Gasteiger partial charge in [0.25, 0.3) is 5.91 Å². The zero-order chi connectivity index (χ0) is 20.2. The Morgan fingerprint density at radius 3 is 2.41 bits per heavy atom. The third-order valence-electron chi connectivity index (χ3n) is 4.72. The van der Waals surface area contributed by atoms with Gasteiger partial charge < -0.3 is 9.84 Å². The summed E-state index contributed by atoms with van der Waals surface area (Å²) in [5, 5.41) is 9.34. The van der Waals surface area contributed by atoms with E-state index < -0.39 is 5.97 Å². The van der Waals surface area contributed by atoms with Gasteiger partial charge in [-0.05, 0) is 42.0 Å². The number of hydrogen-bond donors (Lipinski definition) is 1. The van der Waals surface area contributed by atoms with Gasteiger partial charge in [0.15, 0.2) is 6.61 Å². The second kappa shape index (κ2) is 8.41. The molecule has 6 heteroatoms. The number of thioether (sulfide) groups is 1. The highest BCUT2D eigenvalue weighted by Gasteiger charge is 2.32. The zero-order valence-electron chi connectivity index (χ0n) is 15.5. The van der Waals surface area contributed by atoms with Crippen molar-refractivity contribution in [3.63, 3.8) is 0 Å². The van der Waals surface area contributed by atoms with E-state index in [1.54, 1.807) is 16.7 Å². The van der Waals surface area contributed by atoms with Gasteiger partial charge in [0, 0.05) is 10.6 Å². The molecule has 1 N–H and O–H groups in total. The van der Waals surface area contributed by atoms with Crippen LogP contribution in [0.25, 0.3) is 0 Å². The van der Waals surface area contributed by atoms with Crippen LogP contribution in [0, 0.1) is 0 Å². The minimum Gasteiger partial charge on any atom is -0.508 e. The Balaban J connectivity index is 1.56. The molecule has 1 aliphatic rings. The van der Waals surface area contributed by atoms with Gasteiger partial charge in [-0.15, -0.1) is 11.8 Å². The van der Waals surface area contributed by atoms with Crippen LogP contribution in [0.1, 0.15) is 22.0 Å². The van der Waals surface area contributed by atoms with E-state index in [1.807, 2.05) is 54.6 Å². The number of benzene rings is 3. The SMILES string of the molecule is O=C(OCC(=O)N1c2ccccc2SC[C@H]1c1ccccc1)c1ccc(O)cc1. The maximum Gasteiger partial charge on any atom is 0.338 e. The van der Waals surface area contributed by atoms with Crippen LogP contribution < -0.4 is 4.90 Å². The Bertz CT molecular complexity index is 1020. The summed E-state index contributed by atoms with van der Waals surface area (Å²) >= 11 is 1.71. The van der Waals surface area contributed by atoms with Crippen LogP contribution in [0.3, 0.4) is 0 Å². The van der Waals surface area contributed by atoms with Crippen molar-refractivity contribution >= 4 is 29.3 Å². The normalized spacial score (nSPS) is 15.4. The number of fused-ring (bicyclic) bond motifs is 1. The van der Waals surface area contributed by atoms with E-state index >= 15 is 0 Å². The lowest BCUT2D eigenvalue weighted by Crippen LogP contribution is -2.41. The monoisotopic (exact) mass is 405 g/mol. The van der Waals surface area contributed by atoms with Crippen LogP contribution in [0.5, 0.6) is 5.75 Å². The molecule has 0 aliphatic carbocycles. The topological polar surface area (TPSA) is 66.8 Å². The maximum absolute atomic E-state index is 13.1. The predicted octanol–water partition coefficient (Wildman–Crippen LogP) is 4.43. The molecule has 0 fully saturated rings. The number of carbonyl (C=O) groups excluding carboxylic acids is 2. The van der Waals surface area contributed by atoms with Crippen molar-refractivity contribution in [2.75, 3.05) is 17.3 Å². The molecule has 0 radical (unpaired) electrons. The fourth-order valence-electron chi connectivity index (χ4n) is 3.30. The molecule has 0 spiro atoms. The standard InChI is InChI=1S/C23H19NO4S/c25-18-12-10-17(11-13-18)23(27)28-14-22(26)24-19-8-4-5-9-21(19)29-15-20(24)16-6-2-1-3-7-16/h1-13,20,25H,14-15H2/t20-/m0/s1. The summed E-state index contributed by atoms with van der Waals surface area (Å²) < 4.78 is 5.26. The summed E-state index contributed by atoms with van der Waals surface area (Å²) in [6.07, 6.45) is 0. The highest BCUT2D eigenvalue weighted by atomic mass is 32.2. The van der Waals surface area contributed by atoms with Gasteiger partial charge in [-0.3, -0.25) is 9.69 Å². The molecule has 0 bridgehead atoms. The van der Waals surface area contributed by atoms with Gasteiger partial charge in [0.1, 0.15) is 5.75 Å². The Morgan fingerprint density at radius 1 is 0.966 bits per heavy atom. The Labute approximate surface area is 172 Å². The number of ether oxygens (including phenoxy) is 1. The Kier molecular flexibility index (Phi) is 5.53. The molecule has 1 atom stereocenters. The van der Waals surface area contributed by atoms with Crippen molar-refractivity contribution in [1.29, 1.82) is 0 Å². The van der Waals surface area contributed by atoms with Crippen LogP contribution in [-0.4, -0.2) is 29.3 Å². The summed E-state index contributed by atoms with van der Waals surface area (Å²) in [5.74, 6) is -0.0997. The molecule has 0 unspecified atom stereocenters. The number of para-hydroxylation sites is 1. The first-order valence-corrected chi connectivity index (χ1v) is 10.2. The van der Waals surface area contributed by atoms with Crippen LogP contribution >= 0.6 is 11.8 Å². The molecule has 3 aromatic carbocycles. The van der Waals surface area contributed by atoms with Crippen LogP contribution in [-0.2, 0) is 9.53 Å². The lowest BCUT2D eigenvalue weighted by atomic mass is 10.1. The van der Waals surface area contributed by atoms with E-state index in [1.165, 1.54) is 24.3 Å². The first kappa shape index (κ1) is 19.1. The molecule has 1 aliphatic heterocycles. The fraction of sp³-hybridized carbons (Fsp3) is 0.130. The molecule has 4 rings (SSSR count). The quantitative estimate of drug-likeness (QED) is 0.651. The molecule has 0 saturated heterocycles. The number of phenolic OH excluding ortho intramolecular Hbond substituents is 1.